The summed E-state index contributed by atoms with van der Waals surface area (Å²) in [4.78, 5) is 106. The topological polar surface area (TPSA) is 407 Å². The number of carbonyl (C=O) groups is 8. The van der Waals surface area contributed by atoms with Gasteiger partial charge in [0.05, 0.1) is 46.5 Å². The Kier molecular flexibility index (Phi) is 16.2. The van der Waals surface area contributed by atoms with Crippen LogP contribution in [0.1, 0.15) is 54.3 Å². The van der Waals surface area contributed by atoms with Crippen molar-refractivity contribution in [1.82, 2.24) is 10.6 Å². The molecule has 0 aromatic heterocycles. The fourth-order valence-corrected chi connectivity index (χ4v) is 5.25. The third-order valence-electron chi connectivity index (χ3n) is 8.10. The summed E-state index contributed by atoms with van der Waals surface area (Å²) in [5.41, 5.74) is 21.6. The molecule has 0 aliphatic heterocycles. The number of nitrogens with two attached hydrogens (primary N) is 4. The van der Waals surface area contributed by atoms with Crippen molar-refractivity contribution in [2.75, 3.05) is 13.2 Å². The molecular formula is C40H38N8O16. The number of hydrogen-bond donors (Lipinski definition) is 10. The first-order valence-corrected chi connectivity index (χ1v) is 18.2. The van der Waals surface area contributed by atoms with Gasteiger partial charge in [0.15, 0.2) is 11.9 Å². The van der Waals surface area contributed by atoms with E-state index in [1.165, 1.54) is 60.7 Å². The summed E-state index contributed by atoms with van der Waals surface area (Å²) in [5.74, 6) is -11.8. The number of carboxylic acid groups (broad SMARTS) is 4. The molecule has 2 amide bonds. The summed E-state index contributed by atoms with van der Waals surface area (Å²) in [6, 6.07) is 14.1. The van der Waals surface area contributed by atoms with Gasteiger partial charge in [0.1, 0.15) is 48.3 Å². The molecule has 0 fully saturated rings. The molecule has 2 unspecified atom stereocenters. The van der Waals surface area contributed by atoms with E-state index in [2.05, 4.69) is 20.6 Å². The third kappa shape index (κ3) is 14.2. The second kappa shape index (κ2) is 21.9. The summed E-state index contributed by atoms with van der Waals surface area (Å²) >= 11 is 0. The molecule has 0 aliphatic rings. The largest absolute Gasteiger partial charge is 0.489 e. The number of hydrogen-bond acceptors (Lipinski definition) is 14. The Balaban J connectivity index is 1.62. The van der Waals surface area contributed by atoms with Crippen LogP contribution in [0, 0.1) is 0 Å². The molecule has 64 heavy (non-hydrogen) atoms. The van der Waals surface area contributed by atoms with Crippen LogP contribution >= 0.6 is 0 Å². The second-order valence-corrected chi connectivity index (χ2v) is 12.9. The minimum atomic E-state index is -1.87. The molecular weight excluding hydrogens is 848 g/mol. The molecule has 24 heteroatoms. The quantitative estimate of drug-likeness (QED) is 0.0181. The first-order chi connectivity index (χ1) is 30.3. The molecule has 0 heterocycles. The number of nitrogens with zero attached hydrogens (tertiary/aromatic N) is 2. The Labute approximate surface area is 360 Å². The highest BCUT2D eigenvalue weighted by Crippen LogP contribution is 2.29. The third-order valence-corrected chi connectivity index (χ3v) is 8.10. The van der Waals surface area contributed by atoms with Crippen molar-refractivity contribution in [1.29, 1.82) is 0 Å². The number of carbonyl (C=O) groups excluding carboxylic acids is 4. The van der Waals surface area contributed by atoms with Crippen LogP contribution in [0.25, 0.3) is 0 Å². The maximum Gasteiger partial charge on any atom is 0.343 e. The van der Waals surface area contributed by atoms with E-state index in [0.29, 0.717) is 11.4 Å². The van der Waals surface area contributed by atoms with Gasteiger partial charge < -0.3 is 72.9 Å². The molecule has 334 valence electrons. The Morgan fingerprint density at radius 1 is 0.516 bits per heavy atom. The van der Waals surface area contributed by atoms with Crippen LogP contribution in [0.3, 0.4) is 0 Å². The first kappa shape index (κ1) is 47.5. The van der Waals surface area contributed by atoms with Crippen molar-refractivity contribution in [3.05, 3.63) is 107 Å². The number of ether oxygens (including phenoxy) is 4. The lowest BCUT2D eigenvalue weighted by molar-refractivity contribution is -0.145. The number of carboxylic acids is 4. The maximum atomic E-state index is 13.3. The van der Waals surface area contributed by atoms with Gasteiger partial charge in [-0.25, -0.2) is 29.2 Å². The van der Waals surface area contributed by atoms with E-state index in [-0.39, 0.29) is 57.2 Å². The lowest BCUT2D eigenvalue weighted by Crippen LogP contribution is -2.42. The second-order valence-electron chi connectivity index (χ2n) is 12.9. The van der Waals surface area contributed by atoms with Gasteiger partial charge in [-0.2, -0.15) is 0 Å². The van der Waals surface area contributed by atoms with Crippen molar-refractivity contribution < 1.29 is 77.7 Å². The fraction of sp³-hybridized carbons (Fsp3) is 0.150. The van der Waals surface area contributed by atoms with Gasteiger partial charge in [0, 0.05) is 12.1 Å². The summed E-state index contributed by atoms with van der Waals surface area (Å²) < 4.78 is 22.4. The zero-order valence-corrected chi connectivity index (χ0v) is 33.0. The van der Waals surface area contributed by atoms with Crippen LogP contribution in [0.15, 0.2) is 94.9 Å². The molecule has 0 radical (unpaired) electrons. The highest BCUT2D eigenvalue weighted by molar-refractivity contribution is 6.01. The highest BCUT2D eigenvalue weighted by atomic mass is 16.5. The molecule has 14 N–H and O–H groups in total. The maximum absolute atomic E-state index is 13.3. The van der Waals surface area contributed by atoms with Gasteiger partial charge in [-0.05, 0) is 72.8 Å². The minimum absolute atomic E-state index is 0.0522. The monoisotopic (exact) mass is 886 g/mol. The number of amides is 2. The van der Waals surface area contributed by atoms with Crippen molar-refractivity contribution in [2.45, 2.75) is 24.9 Å². The lowest BCUT2D eigenvalue weighted by atomic mass is 10.1. The summed E-state index contributed by atoms with van der Waals surface area (Å²) in [5, 5.41) is 41.4. The predicted molar refractivity (Wildman–Crippen MR) is 220 cm³/mol. The average Bonchev–Trinajstić information content (AvgIpc) is 3.21. The summed E-state index contributed by atoms with van der Waals surface area (Å²) in [7, 11) is 0. The highest BCUT2D eigenvalue weighted by Gasteiger charge is 2.27. The van der Waals surface area contributed by atoms with Crippen LogP contribution < -0.4 is 52.5 Å². The average molecular weight is 887 g/mol. The molecule has 4 rings (SSSR count). The van der Waals surface area contributed by atoms with Gasteiger partial charge in [0.25, 0.3) is 11.8 Å². The van der Waals surface area contributed by atoms with E-state index in [9.17, 15) is 48.6 Å². The van der Waals surface area contributed by atoms with E-state index >= 15 is 0 Å². The summed E-state index contributed by atoms with van der Waals surface area (Å²) in [6.07, 6.45) is -1.97. The van der Waals surface area contributed by atoms with Gasteiger partial charge in [-0.3, -0.25) is 19.2 Å². The number of rotatable bonds is 21. The van der Waals surface area contributed by atoms with Crippen molar-refractivity contribution in [2.24, 2.45) is 32.9 Å². The van der Waals surface area contributed by atoms with E-state index in [0.717, 1.165) is 24.3 Å². The lowest BCUT2D eigenvalue weighted by Gasteiger charge is -2.18. The van der Waals surface area contributed by atoms with E-state index in [1.807, 2.05) is 0 Å². The number of aliphatic carboxylic acids is 4. The number of guanidine groups is 2. The smallest absolute Gasteiger partial charge is 0.343 e. The number of aliphatic imine (C=N–C) groups is 2. The Morgan fingerprint density at radius 2 is 0.859 bits per heavy atom. The molecule has 4 aromatic carbocycles. The zero-order valence-electron chi connectivity index (χ0n) is 33.0. The first-order valence-electron chi connectivity index (χ1n) is 18.2. The van der Waals surface area contributed by atoms with Gasteiger partial charge >= 0.3 is 35.8 Å². The molecule has 0 saturated carbocycles. The van der Waals surface area contributed by atoms with Crippen LogP contribution in [0.2, 0.25) is 0 Å². The van der Waals surface area contributed by atoms with Gasteiger partial charge in [0.2, 0.25) is 0 Å². The molecule has 4 aromatic rings. The Hall–Kier alpha value is -9.22. The molecule has 0 aliphatic carbocycles. The minimum Gasteiger partial charge on any atom is -0.489 e. The van der Waals surface area contributed by atoms with Crippen LogP contribution in [0.5, 0.6) is 23.0 Å². The van der Waals surface area contributed by atoms with Gasteiger partial charge in [-0.1, -0.05) is 0 Å². The molecule has 2 atom stereocenters. The number of benzene rings is 4. The van der Waals surface area contributed by atoms with E-state index in [1.54, 1.807) is 0 Å². The van der Waals surface area contributed by atoms with Crippen molar-refractivity contribution in [3.8, 4) is 23.0 Å². The zero-order chi connectivity index (χ0) is 47.1. The Morgan fingerprint density at radius 3 is 1.16 bits per heavy atom. The van der Waals surface area contributed by atoms with Gasteiger partial charge in [-0.15, -0.1) is 0 Å². The standard InChI is InChI=1S/C40H38N8O16/c41-39(42)45-21-5-1-19(2-6-21)37(59)63-23-9-11-25(33(53)47-27(35(55)56)17-31(49)50)29(15-23)61-13-14-62-30-16-24(64-38(60)20-3-7-22(8-4-20)46-40(43)44)10-12-26(30)34(54)48-28(36(57)58)18-32(51)52/h1-12,15-16,27-28H,13-14,17-18H2,(H,47,53)(H,48,54)(H,49,50)(H,51,52)(H,55,56)(H,57,58)(H4,41,42,45)(H4,43,44,46). The Bertz CT molecular complexity index is 2330. The van der Waals surface area contributed by atoms with E-state index < -0.39 is 85.8 Å². The van der Waals surface area contributed by atoms with E-state index in [4.69, 9.17) is 52.1 Å². The predicted octanol–water partition coefficient (Wildman–Crippen LogP) is 0.708. The normalized spacial score (nSPS) is 11.3. The molecule has 0 bridgehead atoms. The summed E-state index contributed by atoms with van der Waals surface area (Å²) in [6.45, 7) is -0.989. The van der Waals surface area contributed by atoms with Crippen LogP contribution in [0.4, 0.5) is 11.4 Å². The molecule has 24 nitrogen and oxygen atoms in total. The number of esters is 2. The molecule has 0 spiro atoms. The van der Waals surface area contributed by atoms with Crippen molar-refractivity contribution in [3.63, 3.8) is 0 Å². The van der Waals surface area contributed by atoms with Crippen LogP contribution in [-0.4, -0.2) is 105 Å². The number of nitrogens with one attached hydrogen (secondary N) is 2. The van der Waals surface area contributed by atoms with Crippen LogP contribution in [-0.2, 0) is 19.2 Å². The molecule has 0 saturated heterocycles. The fourth-order valence-electron chi connectivity index (χ4n) is 5.25. The van der Waals surface area contributed by atoms with Crippen molar-refractivity contribution >= 4 is 70.9 Å². The SMILES string of the molecule is NC(N)=Nc1ccc(C(=O)Oc2ccc(C(=O)NC(CC(=O)O)C(=O)O)c(OCCOc3cc(OC(=O)c4ccc(N=C(N)N)cc4)ccc3C(=O)NC(CC(=O)O)C(=O)O)c2)cc1.